The number of rotatable bonds is 2. The second-order valence-corrected chi connectivity index (χ2v) is 5.53. The van der Waals surface area contributed by atoms with Crippen molar-refractivity contribution < 1.29 is 9.90 Å². The summed E-state index contributed by atoms with van der Waals surface area (Å²) in [7, 11) is 0. The Balaban J connectivity index is 2.04. The molecule has 1 amide bonds. The molecule has 2 heterocycles. The number of halogens is 1. The molecule has 1 unspecified atom stereocenters. The molecule has 2 rings (SSSR count). The van der Waals surface area contributed by atoms with Crippen LogP contribution in [0.5, 0.6) is 5.75 Å². The third-order valence-corrected chi connectivity index (χ3v) is 3.96. The first kappa shape index (κ1) is 13.5. The summed E-state index contributed by atoms with van der Waals surface area (Å²) in [6.45, 7) is 2.97. The lowest BCUT2D eigenvalue weighted by atomic mass is 10.1. The first-order chi connectivity index (χ1) is 8.58. The Hall–Kier alpha value is -0.890. The molecule has 0 spiro atoms. The summed E-state index contributed by atoms with van der Waals surface area (Å²) in [5.41, 5.74) is 3.25. The minimum Gasteiger partial charge on any atom is -0.505 e. The van der Waals surface area contributed by atoms with E-state index in [4.69, 9.17) is 0 Å². The standard InChI is InChI=1S/C12H16IN3O2/c1-8-4-2-3-5-16(8)15-12(18)9-6-10(17)11(13)14-7-9/h6-8,17H,2-5H2,1H3,(H,15,18). The van der Waals surface area contributed by atoms with Crippen LogP contribution >= 0.6 is 22.6 Å². The van der Waals surface area contributed by atoms with Crippen molar-refractivity contribution in [2.24, 2.45) is 0 Å². The average molecular weight is 361 g/mol. The van der Waals surface area contributed by atoms with Gasteiger partial charge < -0.3 is 5.11 Å². The summed E-state index contributed by atoms with van der Waals surface area (Å²) in [5.74, 6) is -0.183. The van der Waals surface area contributed by atoms with Gasteiger partial charge in [0.25, 0.3) is 5.91 Å². The van der Waals surface area contributed by atoms with E-state index in [-0.39, 0.29) is 11.7 Å². The molecular weight excluding hydrogens is 345 g/mol. The lowest BCUT2D eigenvalue weighted by Crippen LogP contribution is -2.49. The van der Waals surface area contributed by atoms with Gasteiger partial charge in [-0.3, -0.25) is 10.2 Å². The number of pyridine rings is 1. The van der Waals surface area contributed by atoms with E-state index < -0.39 is 0 Å². The molecule has 0 aromatic carbocycles. The van der Waals surface area contributed by atoms with E-state index in [1.54, 1.807) is 0 Å². The van der Waals surface area contributed by atoms with E-state index in [1.807, 2.05) is 27.6 Å². The number of aromatic hydroxyl groups is 1. The summed E-state index contributed by atoms with van der Waals surface area (Å²) < 4.78 is 0.496. The second-order valence-electron chi connectivity index (χ2n) is 4.51. The number of aromatic nitrogens is 1. The summed E-state index contributed by atoms with van der Waals surface area (Å²) in [4.78, 5) is 16.0. The van der Waals surface area contributed by atoms with Crippen molar-refractivity contribution >= 4 is 28.5 Å². The smallest absolute Gasteiger partial charge is 0.267 e. The topological polar surface area (TPSA) is 65.5 Å². The van der Waals surface area contributed by atoms with Gasteiger partial charge in [0.05, 0.1) is 5.56 Å². The van der Waals surface area contributed by atoms with E-state index in [0.717, 1.165) is 19.4 Å². The zero-order valence-corrected chi connectivity index (χ0v) is 12.3. The van der Waals surface area contributed by atoms with E-state index in [0.29, 0.717) is 15.3 Å². The summed E-state index contributed by atoms with van der Waals surface area (Å²) in [6, 6.07) is 1.80. The lowest BCUT2D eigenvalue weighted by Gasteiger charge is -2.33. The number of nitrogens with one attached hydrogen (secondary N) is 1. The van der Waals surface area contributed by atoms with Gasteiger partial charge in [-0.15, -0.1) is 0 Å². The minimum absolute atomic E-state index is 0.0370. The van der Waals surface area contributed by atoms with Crippen molar-refractivity contribution in [2.45, 2.75) is 32.2 Å². The molecule has 0 saturated carbocycles. The van der Waals surface area contributed by atoms with Gasteiger partial charge in [0, 0.05) is 18.8 Å². The maximum absolute atomic E-state index is 12.0. The van der Waals surface area contributed by atoms with Crippen molar-refractivity contribution in [3.8, 4) is 5.75 Å². The summed E-state index contributed by atoms with van der Waals surface area (Å²) in [6.07, 6.45) is 4.88. The number of carbonyl (C=O) groups is 1. The van der Waals surface area contributed by atoms with E-state index in [9.17, 15) is 9.90 Å². The Kier molecular flexibility index (Phi) is 4.39. The van der Waals surface area contributed by atoms with Crippen LogP contribution in [0.3, 0.4) is 0 Å². The minimum atomic E-state index is -0.219. The van der Waals surface area contributed by atoms with Crippen LogP contribution < -0.4 is 5.43 Å². The zero-order chi connectivity index (χ0) is 13.1. The first-order valence-electron chi connectivity index (χ1n) is 6.00. The molecule has 1 aromatic rings. The number of piperidine rings is 1. The van der Waals surface area contributed by atoms with Gasteiger partial charge in [-0.2, -0.15) is 0 Å². The van der Waals surface area contributed by atoms with Crippen LogP contribution in [0, 0.1) is 3.70 Å². The molecule has 6 heteroatoms. The van der Waals surface area contributed by atoms with Crippen molar-refractivity contribution in [2.75, 3.05) is 6.54 Å². The highest BCUT2D eigenvalue weighted by Gasteiger charge is 2.20. The maximum Gasteiger partial charge on any atom is 0.267 e. The van der Waals surface area contributed by atoms with Gasteiger partial charge in [0.1, 0.15) is 9.45 Å². The van der Waals surface area contributed by atoms with E-state index in [2.05, 4.69) is 17.3 Å². The maximum atomic E-state index is 12.0. The third kappa shape index (κ3) is 3.11. The fourth-order valence-electron chi connectivity index (χ4n) is 2.02. The number of nitrogens with zero attached hydrogens (tertiary/aromatic N) is 2. The number of hydrogen-bond acceptors (Lipinski definition) is 4. The molecular formula is C12H16IN3O2. The van der Waals surface area contributed by atoms with Crippen molar-refractivity contribution in [1.29, 1.82) is 0 Å². The average Bonchev–Trinajstić information content (AvgIpc) is 2.35. The molecule has 0 aliphatic carbocycles. The molecule has 1 atom stereocenters. The molecule has 1 aliphatic rings. The van der Waals surface area contributed by atoms with Crippen LogP contribution in [0.2, 0.25) is 0 Å². The first-order valence-corrected chi connectivity index (χ1v) is 7.08. The molecule has 1 saturated heterocycles. The Labute approximate surface area is 120 Å². The number of amides is 1. The van der Waals surface area contributed by atoms with Crippen molar-refractivity contribution in [3.05, 3.63) is 21.5 Å². The normalized spacial score (nSPS) is 20.7. The SMILES string of the molecule is CC1CCCCN1NC(=O)c1cnc(I)c(O)c1. The van der Waals surface area contributed by atoms with E-state index >= 15 is 0 Å². The van der Waals surface area contributed by atoms with Gasteiger partial charge in [-0.1, -0.05) is 6.42 Å². The monoisotopic (exact) mass is 361 g/mol. The Bertz CT molecular complexity index is 453. The molecule has 98 valence electrons. The van der Waals surface area contributed by atoms with Crippen LogP contribution in [0.25, 0.3) is 0 Å². The van der Waals surface area contributed by atoms with Gasteiger partial charge in [0.15, 0.2) is 0 Å². The number of hydrogen-bond donors (Lipinski definition) is 2. The summed E-state index contributed by atoms with van der Waals surface area (Å²) in [5, 5.41) is 11.5. The quantitative estimate of drug-likeness (QED) is 0.624. The largest absolute Gasteiger partial charge is 0.505 e. The summed E-state index contributed by atoms with van der Waals surface area (Å²) >= 11 is 1.92. The molecule has 1 aliphatic heterocycles. The lowest BCUT2D eigenvalue weighted by molar-refractivity contribution is 0.0611. The van der Waals surface area contributed by atoms with Crippen molar-refractivity contribution in [3.63, 3.8) is 0 Å². The van der Waals surface area contributed by atoms with Crippen LogP contribution in [-0.2, 0) is 0 Å². The van der Waals surface area contributed by atoms with Gasteiger partial charge in [-0.25, -0.2) is 9.99 Å². The predicted octanol–water partition coefficient (Wildman–Crippen LogP) is 1.91. The second kappa shape index (κ2) is 5.83. The fraction of sp³-hybridized carbons (Fsp3) is 0.500. The third-order valence-electron chi connectivity index (χ3n) is 3.13. The van der Waals surface area contributed by atoms with Crippen LogP contribution in [0.4, 0.5) is 0 Å². The fourth-order valence-corrected chi connectivity index (χ4v) is 2.31. The van der Waals surface area contributed by atoms with Gasteiger partial charge >= 0.3 is 0 Å². The molecule has 18 heavy (non-hydrogen) atoms. The molecule has 0 bridgehead atoms. The van der Waals surface area contributed by atoms with Crippen molar-refractivity contribution in [1.82, 2.24) is 15.4 Å². The highest BCUT2D eigenvalue weighted by molar-refractivity contribution is 14.1. The zero-order valence-electron chi connectivity index (χ0n) is 10.2. The van der Waals surface area contributed by atoms with E-state index in [1.165, 1.54) is 18.7 Å². The molecule has 2 N–H and O–H groups in total. The van der Waals surface area contributed by atoms with Crippen LogP contribution in [0.15, 0.2) is 12.3 Å². The number of carbonyl (C=O) groups excluding carboxylic acids is 1. The Morgan fingerprint density at radius 3 is 3.06 bits per heavy atom. The molecule has 1 fully saturated rings. The highest BCUT2D eigenvalue weighted by atomic mass is 127. The number of hydrazine groups is 1. The Morgan fingerprint density at radius 1 is 1.61 bits per heavy atom. The highest BCUT2D eigenvalue weighted by Crippen LogP contribution is 2.18. The molecule has 5 nitrogen and oxygen atoms in total. The van der Waals surface area contributed by atoms with Crippen LogP contribution in [0.1, 0.15) is 36.5 Å². The van der Waals surface area contributed by atoms with Crippen LogP contribution in [-0.4, -0.2) is 33.6 Å². The molecule has 0 radical (unpaired) electrons. The Morgan fingerprint density at radius 2 is 2.39 bits per heavy atom. The van der Waals surface area contributed by atoms with Gasteiger partial charge in [-0.05, 0) is 48.4 Å². The predicted molar refractivity (Wildman–Crippen MR) is 76.1 cm³/mol. The molecule has 1 aromatic heterocycles. The van der Waals surface area contributed by atoms with Gasteiger partial charge in [0.2, 0.25) is 0 Å².